The normalized spacial score (nSPS) is 14.1. The molecule has 4 N–H and O–H groups in total. The second kappa shape index (κ2) is 8.95. The second-order valence-electron chi connectivity index (χ2n) is 4.14. The molecule has 0 radical (unpaired) electrons. The van der Waals surface area contributed by atoms with Gasteiger partial charge in [-0.25, -0.2) is 0 Å². The number of aliphatic carboxylic acids is 1. The van der Waals surface area contributed by atoms with Gasteiger partial charge in [-0.15, -0.1) is 0 Å². The molecule has 0 aliphatic heterocycles. The van der Waals surface area contributed by atoms with Gasteiger partial charge in [-0.05, 0) is 18.9 Å². The SMILES string of the molecule is COC(CNC(=O)CCC(C)CN)CC(=O)O. The number of hydrogen-bond acceptors (Lipinski definition) is 4. The topological polar surface area (TPSA) is 102 Å². The predicted molar refractivity (Wildman–Crippen MR) is 63.5 cm³/mol. The van der Waals surface area contributed by atoms with Crippen LogP contribution in [0.4, 0.5) is 0 Å². The first-order valence-electron chi connectivity index (χ1n) is 5.71. The molecule has 100 valence electrons. The molecule has 0 aliphatic rings. The van der Waals surface area contributed by atoms with Crippen LogP contribution in [0.1, 0.15) is 26.2 Å². The van der Waals surface area contributed by atoms with E-state index in [2.05, 4.69) is 5.32 Å². The van der Waals surface area contributed by atoms with Gasteiger partial charge in [0.25, 0.3) is 0 Å². The molecule has 6 heteroatoms. The third-order valence-electron chi connectivity index (χ3n) is 2.53. The fourth-order valence-corrected chi connectivity index (χ4v) is 1.25. The van der Waals surface area contributed by atoms with E-state index in [1.807, 2.05) is 6.92 Å². The van der Waals surface area contributed by atoms with E-state index in [0.717, 1.165) is 6.42 Å². The van der Waals surface area contributed by atoms with E-state index in [4.69, 9.17) is 15.6 Å². The summed E-state index contributed by atoms with van der Waals surface area (Å²) in [5.41, 5.74) is 5.44. The standard InChI is InChI=1S/C11H22N2O4/c1-8(6-12)3-4-10(14)13-7-9(17-2)5-11(15)16/h8-9H,3-7,12H2,1-2H3,(H,13,14)(H,15,16). The van der Waals surface area contributed by atoms with Crippen molar-refractivity contribution in [2.45, 2.75) is 32.3 Å². The van der Waals surface area contributed by atoms with E-state index < -0.39 is 12.1 Å². The van der Waals surface area contributed by atoms with Crippen LogP contribution in [0.25, 0.3) is 0 Å². The van der Waals surface area contributed by atoms with Crippen LogP contribution in [-0.4, -0.2) is 43.3 Å². The molecule has 6 nitrogen and oxygen atoms in total. The molecule has 0 aromatic carbocycles. The van der Waals surface area contributed by atoms with Gasteiger partial charge in [-0.2, -0.15) is 0 Å². The van der Waals surface area contributed by atoms with Gasteiger partial charge in [-0.1, -0.05) is 6.92 Å². The number of nitrogens with one attached hydrogen (secondary N) is 1. The monoisotopic (exact) mass is 246 g/mol. The maximum absolute atomic E-state index is 11.4. The van der Waals surface area contributed by atoms with Crippen molar-refractivity contribution < 1.29 is 19.4 Å². The number of hydrogen-bond donors (Lipinski definition) is 3. The molecule has 0 aliphatic carbocycles. The molecule has 0 heterocycles. The van der Waals surface area contributed by atoms with Crippen LogP contribution < -0.4 is 11.1 Å². The number of nitrogens with two attached hydrogens (primary N) is 1. The number of ether oxygens (including phenoxy) is 1. The molecule has 2 atom stereocenters. The number of methoxy groups -OCH3 is 1. The van der Waals surface area contributed by atoms with Crippen LogP contribution in [0.5, 0.6) is 0 Å². The number of amides is 1. The molecule has 0 bridgehead atoms. The zero-order valence-corrected chi connectivity index (χ0v) is 10.4. The Morgan fingerprint density at radius 1 is 1.47 bits per heavy atom. The minimum Gasteiger partial charge on any atom is -0.481 e. The van der Waals surface area contributed by atoms with Gasteiger partial charge in [0.15, 0.2) is 0 Å². The minimum absolute atomic E-state index is 0.0993. The molecule has 0 rings (SSSR count). The third kappa shape index (κ3) is 8.65. The molecule has 0 saturated carbocycles. The molecule has 2 unspecified atom stereocenters. The lowest BCUT2D eigenvalue weighted by Gasteiger charge is -2.14. The molecule has 0 aromatic rings. The van der Waals surface area contributed by atoms with Gasteiger partial charge in [0.05, 0.1) is 12.5 Å². The smallest absolute Gasteiger partial charge is 0.306 e. The van der Waals surface area contributed by atoms with Crippen LogP contribution in [0.3, 0.4) is 0 Å². The molecule has 0 saturated heterocycles. The number of carbonyl (C=O) groups is 2. The van der Waals surface area contributed by atoms with Crippen LogP contribution in [-0.2, 0) is 14.3 Å². The summed E-state index contributed by atoms with van der Waals surface area (Å²) in [6, 6.07) is 0. The fourth-order valence-electron chi connectivity index (χ4n) is 1.25. The Kier molecular flexibility index (Phi) is 8.35. The van der Waals surface area contributed by atoms with E-state index in [1.165, 1.54) is 7.11 Å². The van der Waals surface area contributed by atoms with E-state index in [-0.39, 0.29) is 18.9 Å². The Morgan fingerprint density at radius 3 is 2.59 bits per heavy atom. The molecule has 1 amide bonds. The van der Waals surface area contributed by atoms with Crippen LogP contribution in [0.2, 0.25) is 0 Å². The molecule has 0 aromatic heterocycles. The highest BCUT2D eigenvalue weighted by molar-refractivity contribution is 5.76. The summed E-state index contributed by atoms with van der Waals surface area (Å²) in [7, 11) is 1.43. The third-order valence-corrected chi connectivity index (χ3v) is 2.53. The van der Waals surface area contributed by atoms with Gasteiger partial charge >= 0.3 is 5.97 Å². The highest BCUT2D eigenvalue weighted by Gasteiger charge is 2.13. The maximum Gasteiger partial charge on any atom is 0.306 e. The molecular formula is C11H22N2O4. The lowest BCUT2D eigenvalue weighted by Crippen LogP contribution is -2.34. The average Bonchev–Trinajstić information content (AvgIpc) is 2.30. The van der Waals surface area contributed by atoms with Crippen molar-refractivity contribution >= 4 is 11.9 Å². The van der Waals surface area contributed by atoms with Crippen molar-refractivity contribution in [2.24, 2.45) is 11.7 Å². The van der Waals surface area contributed by atoms with Crippen molar-refractivity contribution in [3.8, 4) is 0 Å². The first-order valence-corrected chi connectivity index (χ1v) is 5.71. The number of carbonyl (C=O) groups excluding carboxylic acids is 1. The molecular weight excluding hydrogens is 224 g/mol. The summed E-state index contributed by atoms with van der Waals surface area (Å²) >= 11 is 0. The first kappa shape index (κ1) is 15.9. The van der Waals surface area contributed by atoms with Crippen molar-refractivity contribution in [1.82, 2.24) is 5.32 Å². The Hall–Kier alpha value is -1.14. The highest BCUT2D eigenvalue weighted by atomic mass is 16.5. The largest absolute Gasteiger partial charge is 0.481 e. The number of carboxylic acids is 1. The van der Waals surface area contributed by atoms with Gasteiger partial charge in [-0.3, -0.25) is 9.59 Å². The number of rotatable bonds is 9. The van der Waals surface area contributed by atoms with Gasteiger partial charge < -0.3 is 20.9 Å². The van der Waals surface area contributed by atoms with Crippen molar-refractivity contribution in [3.63, 3.8) is 0 Å². The Labute approximate surface area is 102 Å². The van der Waals surface area contributed by atoms with Crippen molar-refractivity contribution in [3.05, 3.63) is 0 Å². The quantitative estimate of drug-likeness (QED) is 0.530. The summed E-state index contributed by atoms with van der Waals surface area (Å²) in [6.45, 7) is 2.77. The van der Waals surface area contributed by atoms with Crippen molar-refractivity contribution in [1.29, 1.82) is 0 Å². The van der Waals surface area contributed by atoms with Gasteiger partial charge in [0.2, 0.25) is 5.91 Å². The van der Waals surface area contributed by atoms with Gasteiger partial charge in [0, 0.05) is 20.1 Å². The summed E-state index contributed by atoms with van der Waals surface area (Å²) in [4.78, 5) is 21.9. The Morgan fingerprint density at radius 2 is 2.12 bits per heavy atom. The maximum atomic E-state index is 11.4. The first-order chi connectivity index (χ1) is 7.99. The Balaban J connectivity index is 3.77. The Bertz CT molecular complexity index is 246. The summed E-state index contributed by atoms with van der Waals surface area (Å²) in [5, 5.41) is 11.2. The lowest BCUT2D eigenvalue weighted by atomic mass is 10.1. The minimum atomic E-state index is -0.942. The van der Waals surface area contributed by atoms with E-state index in [9.17, 15) is 9.59 Å². The van der Waals surface area contributed by atoms with Gasteiger partial charge in [0.1, 0.15) is 0 Å². The molecule has 17 heavy (non-hydrogen) atoms. The fraction of sp³-hybridized carbons (Fsp3) is 0.818. The average molecular weight is 246 g/mol. The highest BCUT2D eigenvalue weighted by Crippen LogP contribution is 2.03. The van der Waals surface area contributed by atoms with E-state index in [0.29, 0.717) is 18.9 Å². The second-order valence-corrected chi connectivity index (χ2v) is 4.14. The van der Waals surface area contributed by atoms with Crippen molar-refractivity contribution in [2.75, 3.05) is 20.2 Å². The van der Waals surface area contributed by atoms with E-state index in [1.54, 1.807) is 0 Å². The predicted octanol–water partition coefficient (Wildman–Crippen LogP) is -0.0327. The lowest BCUT2D eigenvalue weighted by molar-refractivity contribution is -0.140. The van der Waals surface area contributed by atoms with Crippen LogP contribution >= 0.6 is 0 Å². The zero-order valence-electron chi connectivity index (χ0n) is 10.4. The zero-order chi connectivity index (χ0) is 13.3. The van der Waals surface area contributed by atoms with Crippen LogP contribution in [0, 0.1) is 5.92 Å². The summed E-state index contributed by atoms with van der Waals surface area (Å²) in [6.07, 6.45) is 0.542. The summed E-state index contributed by atoms with van der Waals surface area (Å²) < 4.78 is 4.94. The van der Waals surface area contributed by atoms with Crippen LogP contribution in [0.15, 0.2) is 0 Å². The van der Waals surface area contributed by atoms with E-state index >= 15 is 0 Å². The molecule has 0 fully saturated rings. The summed E-state index contributed by atoms with van der Waals surface area (Å²) in [5.74, 6) is -0.724. The number of carboxylic acid groups (broad SMARTS) is 1. The molecule has 0 spiro atoms.